The van der Waals surface area contributed by atoms with Crippen LogP contribution in [0.2, 0.25) is 5.02 Å². The van der Waals surface area contributed by atoms with Crippen molar-refractivity contribution in [1.82, 2.24) is 4.72 Å². The Morgan fingerprint density at radius 3 is 2.48 bits per heavy atom. The van der Waals surface area contributed by atoms with Gasteiger partial charge in [-0.15, -0.1) is 0 Å². The van der Waals surface area contributed by atoms with E-state index in [0.717, 1.165) is 5.76 Å². The van der Waals surface area contributed by atoms with E-state index in [4.69, 9.17) is 16.0 Å². The molecule has 1 aromatic carbocycles. The Balaban J connectivity index is 1.87. The molecule has 5 nitrogen and oxygen atoms in total. The first-order valence-electron chi connectivity index (χ1n) is 7.23. The van der Waals surface area contributed by atoms with Crippen LogP contribution in [-0.2, 0) is 15.8 Å². The molecule has 126 valence electrons. The van der Waals surface area contributed by atoms with Gasteiger partial charge in [-0.25, -0.2) is 13.1 Å². The van der Waals surface area contributed by atoms with Crippen molar-refractivity contribution in [3.63, 3.8) is 0 Å². The summed E-state index contributed by atoms with van der Waals surface area (Å²) in [4.78, 5) is 0. The van der Waals surface area contributed by atoms with E-state index in [2.05, 4.69) is 4.72 Å². The van der Waals surface area contributed by atoms with Crippen LogP contribution < -0.4 is 4.72 Å². The molecule has 0 aliphatic heterocycles. The standard InChI is InChI=1S/C16H20ClNO4S/c1-11-9-15(12(2)22-11)16(19)7-8-18-23(20,21)10-13-3-5-14(17)6-4-13/h3-6,9,16,18-19H,7-8,10H2,1-2H3. The summed E-state index contributed by atoms with van der Waals surface area (Å²) in [5, 5.41) is 10.7. The predicted molar refractivity (Wildman–Crippen MR) is 89.8 cm³/mol. The first-order valence-corrected chi connectivity index (χ1v) is 9.26. The molecule has 7 heteroatoms. The number of hydrogen-bond donors (Lipinski definition) is 2. The fourth-order valence-corrected chi connectivity index (χ4v) is 3.63. The summed E-state index contributed by atoms with van der Waals surface area (Å²) in [6.07, 6.45) is -0.481. The number of aliphatic hydroxyl groups is 1. The highest BCUT2D eigenvalue weighted by Gasteiger charge is 2.16. The summed E-state index contributed by atoms with van der Waals surface area (Å²) in [5.41, 5.74) is 1.35. The van der Waals surface area contributed by atoms with Crippen molar-refractivity contribution in [2.24, 2.45) is 0 Å². The normalized spacial score (nSPS) is 13.2. The number of halogens is 1. The van der Waals surface area contributed by atoms with Crippen molar-refractivity contribution in [3.8, 4) is 0 Å². The monoisotopic (exact) mass is 357 g/mol. The Morgan fingerprint density at radius 1 is 1.26 bits per heavy atom. The molecule has 2 N–H and O–H groups in total. The third kappa shape index (κ3) is 5.35. The van der Waals surface area contributed by atoms with Crippen LogP contribution in [0.15, 0.2) is 34.7 Å². The van der Waals surface area contributed by atoms with Crippen LogP contribution in [0.4, 0.5) is 0 Å². The van der Waals surface area contributed by atoms with E-state index in [1.807, 2.05) is 0 Å². The smallest absolute Gasteiger partial charge is 0.215 e. The average molecular weight is 358 g/mol. The van der Waals surface area contributed by atoms with Crippen LogP contribution in [0.1, 0.15) is 35.2 Å². The second-order valence-corrected chi connectivity index (χ2v) is 7.70. The first-order chi connectivity index (χ1) is 10.8. The molecule has 0 saturated carbocycles. The molecule has 1 aromatic heterocycles. The number of aryl methyl sites for hydroxylation is 2. The van der Waals surface area contributed by atoms with Gasteiger partial charge in [0.2, 0.25) is 10.0 Å². The summed E-state index contributed by atoms with van der Waals surface area (Å²) in [5.74, 6) is 1.25. The van der Waals surface area contributed by atoms with E-state index < -0.39 is 16.1 Å². The minimum Gasteiger partial charge on any atom is -0.466 e. The van der Waals surface area contributed by atoms with E-state index in [0.29, 0.717) is 21.9 Å². The highest BCUT2D eigenvalue weighted by Crippen LogP contribution is 2.23. The lowest BCUT2D eigenvalue weighted by Gasteiger charge is -2.11. The molecular formula is C16H20ClNO4S. The number of nitrogens with one attached hydrogen (secondary N) is 1. The molecule has 0 aliphatic carbocycles. The number of benzene rings is 1. The van der Waals surface area contributed by atoms with Crippen LogP contribution in [0.3, 0.4) is 0 Å². The molecule has 2 rings (SSSR count). The lowest BCUT2D eigenvalue weighted by molar-refractivity contribution is 0.167. The summed E-state index contributed by atoms with van der Waals surface area (Å²) >= 11 is 5.77. The molecule has 0 spiro atoms. The van der Waals surface area contributed by atoms with Crippen molar-refractivity contribution in [1.29, 1.82) is 0 Å². The zero-order chi connectivity index (χ0) is 17.0. The van der Waals surface area contributed by atoms with E-state index in [-0.39, 0.29) is 18.7 Å². The molecule has 1 unspecified atom stereocenters. The molecule has 23 heavy (non-hydrogen) atoms. The van der Waals surface area contributed by atoms with Gasteiger partial charge in [0, 0.05) is 17.1 Å². The molecule has 0 aliphatic rings. The molecule has 0 bridgehead atoms. The van der Waals surface area contributed by atoms with Crippen molar-refractivity contribution >= 4 is 21.6 Å². The second kappa shape index (κ2) is 7.49. The lowest BCUT2D eigenvalue weighted by atomic mass is 10.1. The fraction of sp³-hybridized carbons (Fsp3) is 0.375. The quantitative estimate of drug-likeness (QED) is 0.798. The Morgan fingerprint density at radius 2 is 1.91 bits per heavy atom. The number of sulfonamides is 1. The molecule has 0 amide bonds. The van der Waals surface area contributed by atoms with Gasteiger partial charge in [0.1, 0.15) is 11.5 Å². The van der Waals surface area contributed by atoms with Crippen LogP contribution in [0, 0.1) is 13.8 Å². The first kappa shape index (κ1) is 18.0. The maximum absolute atomic E-state index is 12.0. The van der Waals surface area contributed by atoms with Crippen molar-refractivity contribution in [2.45, 2.75) is 32.1 Å². The van der Waals surface area contributed by atoms with Crippen LogP contribution >= 0.6 is 11.6 Å². The molecule has 0 saturated heterocycles. The zero-order valence-corrected chi connectivity index (χ0v) is 14.6. The topological polar surface area (TPSA) is 79.5 Å². The Labute approximate surface area is 141 Å². The third-order valence-corrected chi connectivity index (χ3v) is 5.06. The molecule has 0 radical (unpaired) electrons. The van der Waals surface area contributed by atoms with E-state index in [1.54, 1.807) is 44.2 Å². The highest BCUT2D eigenvalue weighted by atomic mass is 35.5. The van der Waals surface area contributed by atoms with Gasteiger partial charge >= 0.3 is 0 Å². The van der Waals surface area contributed by atoms with Gasteiger partial charge < -0.3 is 9.52 Å². The minimum absolute atomic E-state index is 0.121. The predicted octanol–water partition coefficient (Wildman–Crippen LogP) is 3.09. The lowest BCUT2D eigenvalue weighted by Crippen LogP contribution is -2.27. The number of rotatable bonds is 7. The van der Waals surface area contributed by atoms with E-state index in [1.165, 1.54) is 0 Å². The highest BCUT2D eigenvalue weighted by molar-refractivity contribution is 7.88. The second-order valence-electron chi connectivity index (χ2n) is 5.45. The minimum atomic E-state index is -3.46. The van der Waals surface area contributed by atoms with E-state index in [9.17, 15) is 13.5 Å². The third-order valence-electron chi connectivity index (χ3n) is 3.45. The van der Waals surface area contributed by atoms with E-state index >= 15 is 0 Å². The van der Waals surface area contributed by atoms with Crippen molar-refractivity contribution in [3.05, 3.63) is 58.0 Å². The molecule has 1 atom stereocenters. The van der Waals surface area contributed by atoms with Gasteiger partial charge in [-0.2, -0.15) is 0 Å². The number of aliphatic hydroxyl groups excluding tert-OH is 1. The van der Waals surface area contributed by atoms with Crippen LogP contribution in [0.5, 0.6) is 0 Å². The fourth-order valence-electron chi connectivity index (χ4n) is 2.34. The Hall–Kier alpha value is -1.34. The van der Waals surface area contributed by atoms with Gasteiger partial charge in [-0.3, -0.25) is 0 Å². The number of furan rings is 1. The van der Waals surface area contributed by atoms with Gasteiger partial charge in [-0.05, 0) is 44.0 Å². The summed E-state index contributed by atoms with van der Waals surface area (Å²) < 4.78 is 31.9. The molecule has 0 fully saturated rings. The summed E-state index contributed by atoms with van der Waals surface area (Å²) in [7, 11) is -3.46. The zero-order valence-electron chi connectivity index (χ0n) is 13.0. The largest absolute Gasteiger partial charge is 0.466 e. The maximum Gasteiger partial charge on any atom is 0.215 e. The molecule has 1 heterocycles. The maximum atomic E-state index is 12.0. The Kier molecular flexibility index (Phi) is 5.86. The van der Waals surface area contributed by atoms with Crippen molar-refractivity contribution < 1.29 is 17.9 Å². The van der Waals surface area contributed by atoms with Gasteiger partial charge in [0.15, 0.2) is 0 Å². The van der Waals surface area contributed by atoms with Gasteiger partial charge in [-0.1, -0.05) is 23.7 Å². The van der Waals surface area contributed by atoms with Crippen molar-refractivity contribution in [2.75, 3.05) is 6.54 Å². The number of hydrogen-bond acceptors (Lipinski definition) is 4. The summed E-state index contributed by atoms with van der Waals surface area (Å²) in [6, 6.07) is 8.42. The average Bonchev–Trinajstić information content (AvgIpc) is 2.80. The van der Waals surface area contributed by atoms with Gasteiger partial charge in [0.25, 0.3) is 0 Å². The Bertz CT molecular complexity index is 753. The van der Waals surface area contributed by atoms with Gasteiger partial charge in [0.05, 0.1) is 11.9 Å². The van der Waals surface area contributed by atoms with Crippen LogP contribution in [-0.4, -0.2) is 20.1 Å². The summed E-state index contributed by atoms with van der Waals surface area (Å²) in [6.45, 7) is 3.73. The molecule has 2 aromatic rings. The SMILES string of the molecule is Cc1cc(C(O)CCNS(=O)(=O)Cc2ccc(Cl)cc2)c(C)o1. The van der Waals surface area contributed by atoms with Crippen LogP contribution in [0.25, 0.3) is 0 Å². The molecular weight excluding hydrogens is 338 g/mol.